The van der Waals surface area contributed by atoms with Crippen LogP contribution in [0.25, 0.3) is 0 Å². The minimum atomic E-state index is -0.267. The van der Waals surface area contributed by atoms with E-state index in [4.69, 9.17) is 0 Å². The molecule has 0 spiro atoms. The molecule has 0 saturated heterocycles. The summed E-state index contributed by atoms with van der Waals surface area (Å²) in [6.07, 6.45) is 9.76. The molecule has 0 heterocycles. The summed E-state index contributed by atoms with van der Waals surface area (Å²) in [5, 5.41) is 10.4. The van der Waals surface area contributed by atoms with E-state index in [0.717, 1.165) is 31.1 Å². The third kappa shape index (κ3) is 1.09. The second kappa shape index (κ2) is 2.31. The first-order valence-corrected chi connectivity index (χ1v) is 5.66. The molecule has 73 valence electrons. The van der Waals surface area contributed by atoms with Gasteiger partial charge in [-0.1, -0.05) is 6.92 Å². The fourth-order valence-electron chi connectivity index (χ4n) is 4.62. The maximum atomic E-state index is 10.4. The van der Waals surface area contributed by atoms with Crippen molar-refractivity contribution in [3.8, 4) is 0 Å². The average Bonchev–Trinajstić information content (AvgIpc) is 1.99. The van der Waals surface area contributed by atoms with E-state index >= 15 is 0 Å². The molecule has 4 aliphatic carbocycles. The lowest BCUT2D eigenvalue weighted by molar-refractivity contribution is -0.152. The summed E-state index contributed by atoms with van der Waals surface area (Å²) in [4.78, 5) is 0. The molecule has 2 atom stereocenters. The lowest BCUT2D eigenvalue weighted by Crippen LogP contribution is -2.55. The van der Waals surface area contributed by atoms with Crippen molar-refractivity contribution < 1.29 is 5.11 Å². The summed E-state index contributed by atoms with van der Waals surface area (Å²) in [7, 11) is 0. The summed E-state index contributed by atoms with van der Waals surface area (Å²) >= 11 is 0. The van der Waals surface area contributed by atoms with Gasteiger partial charge >= 0.3 is 0 Å². The molecule has 1 N–H and O–H groups in total. The molecule has 0 aromatic carbocycles. The van der Waals surface area contributed by atoms with Gasteiger partial charge in [0.2, 0.25) is 0 Å². The second-order valence-electron chi connectivity index (χ2n) is 5.84. The van der Waals surface area contributed by atoms with Gasteiger partial charge in [0.25, 0.3) is 0 Å². The van der Waals surface area contributed by atoms with E-state index in [9.17, 15) is 5.11 Å². The fourth-order valence-corrected chi connectivity index (χ4v) is 4.62. The first-order chi connectivity index (χ1) is 6.13. The zero-order valence-electron chi connectivity index (χ0n) is 8.42. The number of aliphatic hydroxyl groups is 1. The largest absolute Gasteiger partial charge is 0.390 e. The standard InChI is InChI=1S/C12H19O/c1-2-11-4-9-3-10(5-11)7-12(13,6-9)8-11/h2,9-10,13H,3-8H2,1H3. The Balaban J connectivity index is 1.95. The predicted octanol–water partition coefficient (Wildman–Crippen LogP) is 2.54. The van der Waals surface area contributed by atoms with Gasteiger partial charge in [-0.2, -0.15) is 0 Å². The molecule has 4 saturated carbocycles. The highest BCUT2D eigenvalue weighted by molar-refractivity contribution is 5.11. The molecule has 4 rings (SSSR count). The van der Waals surface area contributed by atoms with E-state index in [0.29, 0.717) is 5.41 Å². The zero-order valence-corrected chi connectivity index (χ0v) is 8.42. The van der Waals surface area contributed by atoms with Crippen LogP contribution in [0.5, 0.6) is 0 Å². The van der Waals surface area contributed by atoms with Crippen LogP contribution in [0.15, 0.2) is 0 Å². The minimum absolute atomic E-state index is 0.267. The highest BCUT2D eigenvalue weighted by Gasteiger charge is 2.56. The van der Waals surface area contributed by atoms with Gasteiger partial charge in [0, 0.05) is 0 Å². The summed E-state index contributed by atoms with van der Waals surface area (Å²) < 4.78 is 0. The van der Waals surface area contributed by atoms with E-state index in [1.54, 1.807) is 0 Å². The number of hydrogen-bond acceptors (Lipinski definition) is 1. The molecule has 1 nitrogen and oxygen atoms in total. The molecule has 1 heteroatoms. The Labute approximate surface area is 80.5 Å². The maximum Gasteiger partial charge on any atom is 0.0658 e. The molecule has 0 aromatic heterocycles. The minimum Gasteiger partial charge on any atom is -0.390 e. The lowest BCUT2D eigenvalue weighted by atomic mass is 9.47. The van der Waals surface area contributed by atoms with Crippen LogP contribution in [-0.2, 0) is 0 Å². The summed E-state index contributed by atoms with van der Waals surface area (Å²) in [5.41, 5.74) is 0.162. The van der Waals surface area contributed by atoms with Crippen LogP contribution in [0.1, 0.15) is 45.4 Å². The Morgan fingerprint density at radius 3 is 2.23 bits per heavy atom. The lowest BCUT2D eigenvalue weighted by Gasteiger charge is -2.60. The van der Waals surface area contributed by atoms with Gasteiger partial charge < -0.3 is 5.11 Å². The third-order valence-corrected chi connectivity index (χ3v) is 4.69. The predicted molar refractivity (Wildman–Crippen MR) is 52.0 cm³/mol. The van der Waals surface area contributed by atoms with Crippen molar-refractivity contribution >= 4 is 0 Å². The molecule has 4 aliphatic rings. The Hall–Kier alpha value is -0.0400. The monoisotopic (exact) mass is 179 g/mol. The SMILES string of the molecule is C[CH]C12CC3CC(CC(O)(C3)C1)C2. The van der Waals surface area contributed by atoms with Gasteiger partial charge in [-0.05, 0) is 62.2 Å². The molecule has 0 amide bonds. The quantitative estimate of drug-likeness (QED) is 0.656. The van der Waals surface area contributed by atoms with Crippen LogP contribution >= 0.6 is 0 Å². The molecule has 4 fully saturated rings. The second-order valence-corrected chi connectivity index (χ2v) is 5.84. The Bertz CT molecular complexity index is 219. The molecule has 1 radical (unpaired) electrons. The van der Waals surface area contributed by atoms with Crippen LogP contribution in [0.3, 0.4) is 0 Å². The summed E-state index contributed by atoms with van der Waals surface area (Å²) in [6, 6.07) is 0. The van der Waals surface area contributed by atoms with Crippen LogP contribution in [0.4, 0.5) is 0 Å². The van der Waals surface area contributed by atoms with E-state index in [2.05, 4.69) is 13.3 Å². The van der Waals surface area contributed by atoms with E-state index in [1.165, 1.54) is 19.3 Å². The van der Waals surface area contributed by atoms with Gasteiger partial charge in [-0.15, -0.1) is 0 Å². The molecule has 0 aromatic rings. The van der Waals surface area contributed by atoms with Crippen LogP contribution in [0, 0.1) is 23.7 Å². The first-order valence-electron chi connectivity index (χ1n) is 5.66. The molecule has 2 unspecified atom stereocenters. The van der Waals surface area contributed by atoms with Crippen LogP contribution < -0.4 is 0 Å². The molecular formula is C12H19O. The Kier molecular flexibility index (Phi) is 1.47. The first kappa shape index (κ1) is 8.28. The van der Waals surface area contributed by atoms with Gasteiger partial charge in [-0.3, -0.25) is 0 Å². The maximum absolute atomic E-state index is 10.4. The van der Waals surface area contributed by atoms with E-state index in [1.807, 2.05) is 0 Å². The van der Waals surface area contributed by atoms with Gasteiger partial charge in [-0.25, -0.2) is 0 Å². The number of hydrogen-bond donors (Lipinski definition) is 1. The fraction of sp³-hybridized carbons (Fsp3) is 0.917. The highest BCUT2D eigenvalue weighted by Crippen LogP contribution is 2.62. The van der Waals surface area contributed by atoms with Crippen molar-refractivity contribution in [1.82, 2.24) is 0 Å². The van der Waals surface area contributed by atoms with Crippen LogP contribution in [-0.4, -0.2) is 10.7 Å². The topological polar surface area (TPSA) is 20.2 Å². The van der Waals surface area contributed by atoms with E-state index < -0.39 is 0 Å². The van der Waals surface area contributed by atoms with Crippen LogP contribution in [0.2, 0.25) is 0 Å². The van der Waals surface area contributed by atoms with Crippen molar-refractivity contribution in [2.24, 2.45) is 17.3 Å². The van der Waals surface area contributed by atoms with Crippen molar-refractivity contribution in [2.75, 3.05) is 0 Å². The molecular weight excluding hydrogens is 160 g/mol. The highest BCUT2D eigenvalue weighted by atomic mass is 16.3. The summed E-state index contributed by atoms with van der Waals surface area (Å²) in [6.45, 7) is 2.19. The Morgan fingerprint density at radius 2 is 1.77 bits per heavy atom. The average molecular weight is 179 g/mol. The third-order valence-electron chi connectivity index (χ3n) is 4.69. The van der Waals surface area contributed by atoms with Gasteiger partial charge in [0.05, 0.1) is 5.60 Å². The van der Waals surface area contributed by atoms with Crippen molar-refractivity contribution in [1.29, 1.82) is 0 Å². The van der Waals surface area contributed by atoms with Gasteiger partial charge in [0.1, 0.15) is 0 Å². The smallest absolute Gasteiger partial charge is 0.0658 e. The normalized spacial score (nSPS) is 58.6. The van der Waals surface area contributed by atoms with Crippen molar-refractivity contribution in [3.05, 3.63) is 6.42 Å². The van der Waals surface area contributed by atoms with E-state index in [-0.39, 0.29) is 5.60 Å². The van der Waals surface area contributed by atoms with Crippen molar-refractivity contribution in [2.45, 2.75) is 51.0 Å². The molecule has 13 heavy (non-hydrogen) atoms. The molecule has 4 bridgehead atoms. The summed E-state index contributed by atoms with van der Waals surface area (Å²) in [5.74, 6) is 1.67. The zero-order chi connectivity index (χ0) is 9.10. The number of rotatable bonds is 1. The molecule has 0 aliphatic heterocycles. The van der Waals surface area contributed by atoms with Gasteiger partial charge in [0.15, 0.2) is 0 Å². The van der Waals surface area contributed by atoms with Crippen molar-refractivity contribution in [3.63, 3.8) is 0 Å². The Morgan fingerprint density at radius 1 is 1.15 bits per heavy atom.